The van der Waals surface area contributed by atoms with Gasteiger partial charge in [0.1, 0.15) is 0 Å². The molecule has 0 bridgehead atoms. The first-order valence-corrected chi connectivity index (χ1v) is 6.71. The van der Waals surface area contributed by atoms with Crippen LogP contribution in [0, 0.1) is 12.8 Å². The van der Waals surface area contributed by atoms with Gasteiger partial charge >= 0.3 is 0 Å². The third-order valence-corrected chi connectivity index (χ3v) is 3.73. The topological polar surface area (TPSA) is 32.3 Å². The molecular formula is C13H15ClN2OS. The summed E-state index contributed by atoms with van der Waals surface area (Å²) >= 11 is 11.2. The zero-order chi connectivity index (χ0) is 13.3. The lowest BCUT2D eigenvalue weighted by Crippen LogP contribution is -2.55. The van der Waals surface area contributed by atoms with Crippen molar-refractivity contribution >= 4 is 40.5 Å². The average Bonchev–Trinajstić information content (AvgIpc) is 2.32. The molecule has 1 amide bonds. The molecule has 1 fully saturated rings. The summed E-state index contributed by atoms with van der Waals surface area (Å²) in [7, 11) is 0. The van der Waals surface area contributed by atoms with Crippen molar-refractivity contribution in [2.45, 2.75) is 20.3 Å². The molecule has 2 rings (SSSR count). The average molecular weight is 283 g/mol. The number of anilines is 1. The Morgan fingerprint density at radius 2 is 2.28 bits per heavy atom. The van der Waals surface area contributed by atoms with Crippen molar-refractivity contribution in [2.75, 3.05) is 11.4 Å². The predicted octanol–water partition coefficient (Wildman–Crippen LogP) is 2.90. The molecule has 0 aromatic heterocycles. The maximum Gasteiger partial charge on any atom is 0.238 e. The van der Waals surface area contributed by atoms with Gasteiger partial charge in [-0.3, -0.25) is 9.69 Å². The lowest BCUT2D eigenvalue weighted by atomic mass is 10.0. The fourth-order valence-electron chi connectivity index (χ4n) is 2.08. The fraction of sp³-hybridized carbons (Fsp3) is 0.385. The molecule has 1 N–H and O–H groups in total. The molecule has 1 unspecified atom stereocenters. The molecule has 1 aliphatic heterocycles. The van der Waals surface area contributed by atoms with E-state index in [2.05, 4.69) is 5.32 Å². The van der Waals surface area contributed by atoms with Gasteiger partial charge < -0.3 is 5.32 Å². The molecule has 0 radical (unpaired) electrons. The Kier molecular flexibility index (Phi) is 3.88. The minimum Gasteiger partial charge on any atom is -0.361 e. The minimum atomic E-state index is -0.0215. The summed E-state index contributed by atoms with van der Waals surface area (Å²) in [5.41, 5.74) is 1.75. The van der Waals surface area contributed by atoms with Gasteiger partial charge in [0, 0.05) is 11.6 Å². The third kappa shape index (κ3) is 2.35. The highest BCUT2D eigenvalue weighted by Gasteiger charge is 2.32. The quantitative estimate of drug-likeness (QED) is 0.847. The Balaban J connectivity index is 2.40. The van der Waals surface area contributed by atoms with E-state index in [4.69, 9.17) is 23.8 Å². The number of nitrogens with zero attached hydrogens (tertiary/aromatic N) is 1. The molecule has 1 aromatic carbocycles. The van der Waals surface area contributed by atoms with Gasteiger partial charge in [0.2, 0.25) is 5.91 Å². The Morgan fingerprint density at radius 1 is 1.56 bits per heavy atom. The fourth-order valence-corrected chi connectivity index (χ4v) is 2.57. The molecular weight excluding hydrogens is 268 g/mol. The number of rotatable bonds is 2. The number of benzene rings is 1. The number of thiocarbonyl (C=S) groups is 1. The van der Waals surface area contributed by atoms with Crippen LogP contribution in [-0.4, -0.2) is 17.6 Å². The molecule has 0 spiro atoms. The summed E-state index contributed by atoms with van der Waals surface area (Å²) < 4.78 is 0. The van der Waals surface area contributed by atoms with Crippen LogP contribution in [0.3, 0.4) is 0 Å². The largest absolute Gasteiger partial charge is 0.361 e. The monoisotopic (exact) mass is 282 g/mol. The number of halogens is 1. The number of amides is 1. The van der Waals surface area contributed by atoms with Crippen LogP contribution in [0.4, 0.5) is 5.69 Å². The molecule has 1 aliphatic rings. The van der Waals surface area contributed by atoms with Gasteiger partial charge in [-0.1, -0.05) is 18.5 Å². The van der Waals surface area contributed by atoms with Crippen molar-refractivity contribution < 1.29 is 4.79 Å². The highest BCUT2D eigenvalue weighted by molar-refractivity contribution is 7.80. The van der Waals surface area contributed by atoms with Crippen molar-refractivity contribution in [2.24, 2.45) is 5.92 Å². The van der Waals surface area contributed by atoms with Crippen molar-refractivity contribution in [1.82, 2.24) is 5.32 Å². The first-order chi connectivity index (χ1) is 8.54. The summed E-state index contributed by atoms with van der Waals surface area (Å²) in [6.45, 7) is 4.55. The lowest BCUT2D eigenvalue weighted by molar-refractivity contribution is -0.121. The first kappa shape index (κ1) is 13.3. The van der Waals surface area contributed by atoms with E-state index < -0.39 is 0 Å². The number of carbonyl (C=O) groups is 1. The number of hydrogen-bond acceptors (Lipinski definition) is 2. The Morgan fingerprint density at radius 3 is 2.89 bits per heavy atom. The van der Waals surface area contributed by atoms with Crippen molar-refractivity contribution in [1.29, 1.82) is 0 Å². The van der Waals surface area contributed by atoms with Crippen molar-refractivity contribution in [3.8, 4) is 0 Å². The van der Waals surface area contributed by atoms with Crippen LogP contribution < -0.4 is 10.2 Å². The second-order valence-electron chi connectivity index (χ2n) is 4.40. The number of carbonyl (C=O) groups excluding carboxylic acids is 1. The minimum absolute atomic E-state index is 0.0215. The van der Waals surface area contributed by atoms with Crippen LogP contribution in [0.25, 0.3) is 0 Å². The van der Waals surface area contributed by atoms with Crippen LogP contribution >= 0.6 is 23.8 Å². The molecule has 3 nitrogen and oxygen atoms in total. The van der Waals surface area contributed by atoms with Gasteiger partial charge in [0.05, 0.1) is 11.6 Å². The molecule has 96 valence electrons. The van der Waals surface area contributed by atoms with Crippen LogP contribution in [0.5, 0.6) is 0 Å². The van der Waals surface area contributed by atoms with E-state index in [0.717, 1.165) is 17.7 Å². The standard InChI is InChI=1S/C13H15ClN2OS/c1-3-9-7-15-13(18)16(12(9)17)11-5-4-10(14)6-8(11)2/h4-6,9H,3,7H2,1-2H3,(H,15,18). The maximum absolute atomic E-state index is 12.4. The zero-order valence-corrected chi connectivity index (χ0v) is 11.9. The second kappa shape index (κ2) is 5.24. The molecule has 1 aromatic rings. The first-order valence-electron chi connectivity index (χ1n) is 5.92. The lowest BCUT2D eigenvalue weighted by Gasteiger charge is -2.34. The number of hydrogen-bond donors (Lipinski definition) is 1. The third-order valence-electron chi connectivity index (χ3n) is 3.16. The summed E-state index contributed by atoms with van der Waals surface area (Å²) in [6.07, 6.45) is 0.803. The Hall–Kier alpha value is -1.13. The van der Waals surface area contributed by atoms with Gasteiger partial charge in [-0.25, -0.2) is 0 Å². The predicted molar refractivity (Wildman–Crippen MR) is 78.1 cm³/mol. The maximum atomic E-state index is 12.4. The second-order valence-corrected chi connectivity index (χ2v) is 5.22. The van der Waals surface area contributed by atoms with Crippen LogP contribution in [0.2, 0.25) is 5.02 Å². The van der Waals surface area contributed by atoms with E-state index in [1.807, 2.05) is 26.0 Å². The number of nitrogens with one attached hydrogen (secondary N) is 1. The van der Waals surface area contributed by atoms with Gasteiger partial charge in [-0.2, -0.15) is 0 Å². The van der Waals surface area contributed by atoms with Crippen LogP contribution in [0.15, 0.2) is 18.2 Å². The SMILES string of the molecule is CCC1CNC(=S)N(c2ccc(Cl)cc2C)C1=O. The van der Waals surface area contributed by atoms with Crippen LogP contribution in [0.1, 0.15) is 18.9 Å². The van der Waals surface area contributed by atoms with Gasteiger partial charge in [0.25, 0.3) is 0 Å². The van der Waals surface area contributed by atoms with Gasteiger partial charge in [-0.15, -0.1) is 0 Å². The summed E-state index contributed by atoms with van der Waals surface area (Å²) in [5, 5.41) is 4.23. The molecule has 1 saturated heterocycles. The Labute approximate surface area is 117 Å². The molecule has 0 saturated carbocycles. The smallest absolute Gasteiger partial charge is 0.238 e. The molecule has 0 aliphatic carbocycles. The van der Waals surface area contributed by atoms with Crippen LogP contribution in [-0.2, 0) is 4.79 Å². The highest BCUT2D eigenvalue weighted by atomic mass is 35.5. The van der Waals surface area contributed by atoms with E-state index in [9.17, 15) is 4.79 Å². The molecule has 1 atom stereocenters. The normalized spacial score (nSPS) is 19.9. The number of aryl methyl sites for hydroxylation is 1. The van der Waals surface area contributed by atoms with Crippen molar-refractivity contribution in [3.63, 3.8) is 0 Å². The molecule has 18 heavy (non-hydrogen) atoms. The van der Waals surface area contributed by atoms with E-state index in [1.165, 1.54) is 0 Å². The van der Waals surface area contributed by atoms with E-state index in [-0.39, 0.29) is 11.8 Å². The van der Waals surface area contributed by atoms with E-state index in [0.29, 0.717) is 16.7 Å². The van der Waals surface area contributed by atoms with E-state index >= 15 is 0 Å². The Bertz CT molecular complexity index is 504. The van der Waals surface area contributed by atoms with Gasteiger partial charge in [-0.05, 0) is 49.3 Å². The summed E-state index contributed by atoms with van der Waals surface area (Å²) in [4.78, 5) is 14.0. The molecule has 1 heterocycles. The van der Waals surface area contributed by atoms with Crippen molar-refractivity contribution in [3.05, 3.63) is 28.8 Å². The zero-order valence-electron chi connectivity index (χ0n) is 10.4. The van der Waals surface area contributed by atoms with Gasteiger partial charge in [0.15, 0.2) is 5.11 Å². The molecule has 5 heteroatoms. The summed E-state index contributed by atoms with van der Waals surface area (Å²) in [5.74, 6) is 0.0402. The summed E-state index contributed by atoms with van der Waals surface area (Å²) in [6, 6.07) is 5.44. The van der Waals surface area contributed by atoms with E-state index in [1.54, 1.807) is 11.0 Å². The highest BCUT2D eigenvalue weighted by Crippen LogP contribution is 2.27.